The maximum absolute atomic E-state index is 11.0. The van der Waals surface area contributed by atoms with Crippen LogP contribution in [0.2, 0.25) is 0 Å². The van der Waals surface area contributed by atoms with Crippen LogP contribution >= 0.6 is 0 Å². The smallest absolute Gasteiger partial charge is 0.354 e. The standard InChI is InChI=1S/C12H10N2O3/c15-12(16)9-6-8(10-2-1-5-17-10)13-11(14-9)7-3-4-7/h1-2,5-7H,3-4H2,(H,15,16). The van der Waals surface area contributed by atoms with Crippen molar-refractivity contribution in [2.24, 2.45) is 0 Å². The average Bonchev–Trinajstić information content (AvgIpc) is 3.04. The third-order valence-corrected chi connectivity index (χ3v) is 2.68. The summed E-state index contributed by atoms with van der Waals surface area (Å²) in [6.07, 6.45) is 3.59. The quantitative estimate of drug-likeness (QED) is 0.875. The molecule has 1 aliphatic rings. The Hall–Kier alpha value is -2.17. The van der Waals surface area contributed by atoms with Crippen molar-refractivity contribution in [3.63, 3.8) is 0 Å². The first-order chi connectivity index (χ1) is 8.24. The number of furan rings is 1. The van der Waals surface area contributed by atoms with E-state index in [9.17, 15) is 4.79 Å². The van der Waals surface area contributed by atoms with Crippen molar-refractivity contribution in [1.29, 1.82) is 0 Å². The minimum absolute atomic E-state index is 0.0216. The molecular weight excluding hydrogens is 220 g/mol. The Morgan fingerprint density at radius 1 is 1.41 bits per heavy atom. The molecule has 0 aromatic carbocycles. The van der Waals surface area contributed by atoms with Crippen LogP contribution in [0.5, 0.6) is 0 Å². The van der Waals surface area contributed by atoms with E-state index in [4.69, 9.17) is 9.52 Å². The Bertz CT molecular complexity index is 559. The van der Waals surface area contributed by atoms with E-state index in [-0.39, 0.29) is 5.69 Å². The normalized spacial score (nSPS) is 14.8. The maximum Gasteiger partial charge on any atom is 0.354 e. The Labute approximate surface area is 97.1 Å². The third kappa shape index (κ3) is 1.91. The van der Waals surface area contributed by atoms with Crippen LogP contribution in [0.4, 0.5) is 0 Å². The molecule has 0 aliphatic heterocycles. The van der Waals surface area contributed by atoms with Gasteiger partial charge in [-0.15, -0.1) is 0 Å². The van der Waals surface area contributed by atoms with E-state index in [1.807, 2.05) is 0 Å². The number of hydrogen-bond donors (Lipinski definition) is 1. The number of aromatic carboxylic acids is 1. The highest BCUT2D eigenvalue weighted by atomic mass is 16.4. The summed E-state index contributed by atoms with van der Waals surface area (Å²) in [4.78, 5) is 19.4. The molecule has 1 saturated carbocycles. The molecule has 0 bridgehead atoms. The molecular formula is C12H10N2O3. The summed E-state index contributed by atoms with van der Waals surface area (Å²) in [6.45, 7) is 0. The van der Waals surface area contributed by atoms with Gasteiger partial charge in [0.1, 0.15) is 11.5 Å². The van der Waals surface area contributed by atoms with Gasteiger partial charge in [-0.05, 0) is 25.0 Å². The molecule has 0 amide bonds. The largest absolute Gasteiger partial charge is 0.477 e. The van der Waals surface area contributed by atoms with Gasteiger partial charge in [0.2, 0.25) is 0 Å². The monoisotopic (exact) mass is 230 g/mol. The number of rotatable bonds is 3. The van der Waals surface area contributed by atoms with E-state index in [1.54, 1.807) is 12.1 Å². The zero-order chi connectivity index (χ0) is 11.8. The van der Waals surface area contributed by atoms with Gasteiger partial charge >= 0.3 is 5.97 Å². The number of hydrogen-bond acceptors (Lipinski definition) is 4. The molecule has 0 radical (unpaired) electrons. The van der Waals surface area contributed by atoms with Crippen LogP contribution in [0, 0.1) is 0 Å². The molecule has 5 nitrogen and oxygen atoms in total. The molecule has 17 heavy (non-hydrogen) atoms. The number of aromatic nitrogens is 2. The first-order valence-electron chi connectivity index (χ1n) is 5.40. The van der Waals surface area contributed by atoms with Crippen molar-refractivity contribution in [2.45, 2.75) is 18.8 Å². The van der Waals surface area contributed by atoms with Gasteiger partial charge < -0.3 is 9.52 Å². The molecule has 0 saturated heterocycles. The minimum atomic E-state index is -1.04. The summed E-state index contributed by atoms with van der Waals surface area (Å²) in [5.74, 6) is 0.443. The highest BCUT2D eigenvalue weighted by molar-refractivity contribution is 5.86. The Balaban J connectivity index is 2.11. The first-order valence-corrected chi connectivity index (χ1v) is 5.40. The van der Waals surface area contributed by atoms with E-state index >= 15 is 0 Å². The maximum atomic E-state index is 11.0. The van der Waals surface area contributed by atoms with E-state index < -0.39 is 5.97 Å². The summed E-state index contributed by atoms with van der Waals surface area (Å²) >= 11 is 0. The van der Waals surface area contributed by atoms with E-state index in [2.05, 4.69) is 9.97 Å². The van der Waals surface area contributed by atoms with Gasteiger partial charge in [-0.2, -0.15) is 0 Å². The lowest BCUT2D eigenvalue weighted by Crippen LogP contribution is -2.05. The molecule has 0 unspecified atom stereocenters. The van der Waals surface area contributed by atoms with Crippen LogP contribution in [0.1, 0.15) is 35.1 Å². The zero-order valence-electron chi connectivity index (χ0n) is 8.96. The minimum Gasteiger partial charge on any atom is -0.477 e. The van der Waals surface area contributed by atoms with Gasteiger partial charge in [-0.3, -0.25) is 0 Å². The predicted molar refractivity (Wildman–Crippen MR) is 58.7 cm³/mol. The fourth-order valence-corrected chi connectivity index (χ4v) is 1.65. The fourth-order valence-electron chi connectivity index (χ4n) is 1.65. The third-order valence-electron chi connectivity index (χ3n) is 2.68. The van der Waals surface area contributed by atoms with Crippen LogP contribution in [-0.4, -0.2) is 21.0 Å². The van der Waals surface area contributed by atoms with Gasteiger partial charge in [0, 0.05) is 12.0 Å². The average molecular weight is 230 g/mol. The number of carboxylic acids is 1. The van der Waals surface area contributed by atoms with Crippen LogP contribution < -0.4 is 0 Å². The zero-order valence-corrected chi connectivity index (χ0v) is 8.96. The molecule has 2 aromatic rings. The molecule has 86 valence electrons. The van der Waals surface area contributed by atoms with E-state index in [1.165, 1.54) is 12.3 Å². The molecule has 1 aliphatic carbocycles. The van der Waals surface area contributed by atoms with E-state index in [0.29, 0.717) is 23.2 Å². The second kappa shape index (κ2) is 3.69. The van der Waals surface area contributed by atoms with Crippen LogP contribution in [-0.2, 0) is 0 Å². The molecule has 0 spiro atoms. The summed E-state index contributed by atoms with van der Waals surface area (Å²) in [6, 6.07) is 4.94. The lowest BCUT2D eigenvalue weighted by molar-refractivity contribution is 0.0690. The Morgan fingerprint density at radius 2 is 2.24 bits per heavy atom. The van der Waals surface area contributed by atoms with Crippen molar-refractivity contribution in [3.8, 4) is 11.5 Å². The van der Waals surface area contributed by atoms with Crippen molar-refractivity contribution >= 4 is 5.97 Å². The molecule has 1 fully saturated rings. The lowest BCUT2D eigenvalue weighted by Gasteiger charge is -2.03. The number of carbonyl (C=O) groups is 1. The summed E-state index contributed by atoms with van der Waals surface area (Å²) < 4.78 is 5.23. The summed E-state index contributed by atoms with van der Waals surface area (Å²) in [7, 11) is 0. The van der Waals surface area contributed by atoms with Crippen molar-refractivity contribution in [3.05, 3.63) is 36.0 Å². The molecule has 1 N–H and O–H groups in total. The van der Waals surface area contributed by atoms with Crippen LogP contribution in [0.25, 0.3) is 11.5 Å². The van der Waals surface area contributed by atoms with Crippen molar-refractivity contribution < 1.29 is 14.3 Å². The predicted octanol–water partition coefficient (Wildman–Crippen LogP) is 2.31. The molecule has 2 aromatic heterocycles. The van der Waals surface area contributed by atoms with Crippen molar-refractivity contribution in [1.82, 2.24) is 9.97 Å². The highest BCUT2D eigenvalue weighted by Crippen LogP contribution is 2.38. The topological polar surface area (TPSA) is 76.2 Å². The first kappa shape index (κ1) is 10.0. The van der Waals surface area contributed by atoms with Crippen LogP contribution in [0.3, 0.4) is 0 Å². The van der Waals surface area contributed by atoms with Crippen molar-refractivity contribution in [2.75, 3.05) is 0 Å². The number of carboxylic acid groups (broad SMARTS) is 1. The Morgan fingerprint density at radius 3 is 2.82 bits per heavy atom. The highest BCUT2D eigenvalue weighted by Gasteiger charge is 2.28. The summed E-state index contributed by atoms with van der Waals surface area (Å²) in [5.41, 5.74) is 0.553. The van der Waals surface area contributed by atoms with Crippen LogP contribution in [0.15, 0.2) is 28.9 Å². The lowest BCUT2D eigenvalue weighted by atomic mass is 10.2. The SMILES string of the molecule is O=C(O)c1cc(-c2ccco2)nc(C2CC2)n1. The molecule has 0 atom stereocenters. The second-order valence-corrected chi connectivity index (χ2v) is 4.05. The van der Waals surface area contributed by atoms with Gasteiger partial charge in [-0.25, -0.2) is 14.8 Å². The van der Waals surface area contributed by atoms with E-state index in [0.717, 1.165) is 12.8 Å². The molecule has 5 heteroatoms. The van der Waals surface area contributed by atoms with Gasteiger partial charge in [0.05, 0.1) is 6.26 Å². The Kier molecular flexibility index (Phi) is 2.18. The summed E-state index contributed by atoms with van der Waals surface area (Å²) in [5, 5.41) is 9.01. The molecule has 3 rings (SSSR count). The molecule has 2 heterocycles. The van der Waals surface area contributed by atoms with Gasteiger partial charge in [-0.1, -0.05) is 0 Å². The van der Waals surface area contributed by atoms with Gasteiger partial charge in [0.25, 0.3) is 0 Å². The fraction of sp³-hybridized carbons (Fsp3) is 0.250. The number of nitrogens with zero attached hydrogens (tertiary/aromatic N) is 2. The van der Waals surface area contributed by atoms with Gasteiger partial charge in [0.15, 0.2) is 11.5 Å². The second-order valence-electron chi connectivity index (χ2n) is 4.05.